The van der Waals surface area contributed by atoms with Crippen molar-refractivity contribution < 1.29 is 19.9 Å². The van der Waals surface area contributed by atoms with Crippen molar-refractivity contribution >= 4 is 28.3 Å². The predicted molar refractivity (Wildman–Crippen MR) is 74.8 cm³/mol. The van der Waals surface area contributed by atoms with E-state index in [-0.39, 0.29) is 18.6 Å². The Balaban J connectivity index is 1.95. The summed E-state index contributed by atoms with van der Waals surface area (Å²) >= 11 is 1.17. The minimum atomic E-state index is -0.632. The highest BCUT2D eigenvalue weighted by Gasteiger charge is 2.11. The van der Waals surface area contributed by atoms with Crippen LogP contribution in [0.2, 0.25) is 0 Å². The Bertz CT molecular complexity index is 641. The third-order valence-electron chi connectivity index (χ3n) is 2.49. The first-order valence-corrected chi connectivity index (χ1v) is 6.76. The van der Waals surface area contributed by atoms with Crippen molar-refractivity contribution in [2.75, 3.05) is 5.32 Å². The van der Waals surface area contributed by atoms with Gasteiger partial charge in [0.05, 0.1) is 0 Å². The van der Waals surface area contributed by atoms with Gasteiger partial charge in [0.25, 0.3) is 0 Å². The number of phenolic OH excluding ortho intramolecular Hbond substituents is 1. The summed E-state index contributed by atoms with van der Waals surface area (Å²) in [5, 5.41) is 28.7. The Kier molecular flexibility index (Phi) is 4.80. The zero-order valence-corrected chi connectivity index (χ0v) is 11.6. The van der Waals surface area contributed by atoms with E-state index < -0.39 is 11.8 Å². The van der Waals surface area contributed by atoms with E-state index in [0.717, 1.165) is 5.56 Å². The van der Waals surface area contributed by atoms with E-state index in [1.54, 1.807) is 12.1 Å². The van der Waals surface area contributed by atoms with Gasteiger partial charge in [-0.25, -0.2) is 5.48 Å². The van der Waals surface area contributed by atoms with Crippen LogP contribution >= 0.6 is 11.3 Å². The summed E-state index contributed by atoms with van der Waals surface area (Å²) in [7, 11) is 0. The number of nitrogens with one attached hydrogen (secondary N) is 2. The first-order chi connectivity index (χ1) is 10.1. The summed E-state index contributed by atoms with van der Waals surface area (Å²) < 4.78 is 0. The Morgan fingerprint density at radius 1 is 1.10 bits per heavy atom. The maximum atomic E-state index is 11.6. The number of hydroxylamine groups is 1. The number of aromatic nitrogens is 2. The molecule has 8 nitrogen and oxygen atoms in total. The molecule has 2 amide bonds. The maximum absolute atomic E-state index is 11.6. The van der Waals surface area contributed by atoms with E-state index in [1.165, 1.54) is 28.9 Å². The molecule has 0 unspecified atom stereocenters. The second kappa shape index (κ2) is 6.77. The van der Waals surface area contributed by atoms with Crippen LogP contribution in [0.4, 0.5) is 5.13 Å². The van der Waals surface area contributed by atoms with Crippen molar-refractivity contribution in [1.82, 2.24) is 15.7 Å². The lowest BCUT2D eigenvalue weighted by molar-refractivity contribution is -0.131. The molecular weight excluding hydrogens is 296 g/mol. The van der Waals surface area contributed by atoms with E-state index in [0.29, 0.717) is 10.1 Å². The Hall–Kier alpha value is -2.52. The Morgan fingerprint density at radius 3 is 2.43 bits per heavy atom. The van der Waals surface area contributed by atoms with Crippen LogP contribution in [0.1, 0.15) is 12.8 Å². The number of hydrogen-bond acceptors (Lipinski definition) is 7. The molecule has 0 bridgehead atoms. The average Bonchev–Trinajstić information content (AvgIpc) is 2.94. The van der Waals surface area contributed by atoms with Crippen molar-refractivity contribution in [1.29, 1.82) is 0 Å². The lowest BCUT2D eigenvalue weighted by Gasteiger charge is -1.99. The molecule has 0 fully saturated rings. The number of rotatable bonds is 5. The standard InChI is InChI=1S/C12H12N4O4S/c17-8-3-1-7(2-4-8)11-14-15-12(21-11)13-9(18)5-6-10(19)16-20/h1-4,17,20H,5-6H2,(H,16,19)(H,13,15,18). The SMILES string of the molecule is O=C(CCC(=O)Nc1nnc(-c2ccc(O)cc2)s1)NO. The summed E-state index contributed by atoms with van der Waals surface area (Å²) in [4.78, 5) is 22.4. The minimum Gasteiger partial charge on any atom is -0.508 e. The highest BCUT2D eigenvalue weighted by molar-refractivity contribution is 7.18. The molecule has 0 atom stereocenters. The van der Waals surface area contributed by atoms with Gasteiger partial charge in [0.1, 0.15) is 10.8 Å². The van der Waals surface area contributed by atoms with Gasteiger partial charge >= 0.3 is 0 Å². The topological polar surface area (TPSA) is 124 Å². The van der Waals surface area contributed by atoms with Crippen molar-refractivity contribution in [3.63, 3.8) is 0 Å². The molecule has 1 aromatic heterocycles. The molecular formula is C12H12N4O4S. The largest absolute Gasteiger partial charge is 0.508 e. The van der Waals surface area contributed by atoms with Crippen LogP contribution in [0.15, 0.2) is 24.3 Å². The Labute approximate surface area is 123 Å². The molecule has 0 aliphatic heterocycles. The fraction of sp³-hybridized carbons (Fsp3) is 0.167. The normalized spacial score (nSPS) is 10.1. The van der Waals surface area contributed by atoms with Crippen LogP contribution in [0, 0.1) is 0 Å². The first-order valence-electron chi connectivity index (χ1n) is 5.94. The van der Waals surface area contributed by atoms with Crippen molar-refractivity contribution in [2.45, 2.75) is 12.8 Å². The fourth-order valence-corrected chi connectivity index (χ4v) is 2.22. The average molecular weight is 308 g/mol. The molecule has 0 aliphatic carbocycles. The number of carbonyl (C=O) groups excluding carboxylic acids is 2. The zero-order chi connectivity index (χ0) is 15.2. The van der Waals surface area contributed by atoms with Gasteiger partial charge in [-0.15, -0.1) is 10.2 Å². The van der Waals surface area contributed by atoms with Crippen LogP contribution in [0.5, 0.6) is 5.75 Å². The quantitative estimate of drug-likeness (QED) is 0.485. The van der Waals surface area contributed by atoms with E-state index in [1.807, 2.05) is 0 Å². The minimum absolute atomic E-state index is 0.0689. The van der Waals surface area contributed by atoms with Gasteiger partial charge < -0.3 is 10.4 Å². The van der Waals surface area contributed by atoms with E-state index >= 15 is 0 Å². The van der Waals surface area contributed by atoms with Gasteiger partial charge in [0, 0.05) is 18.4 Å². The number of phenols is 1. The summed E-state index contributed by atoms with van der Waals surface area (Å²) in [6.07, 6.45) is -0.188. The maximum Gasteiger partial charge on any atom is 0.243 e. The number of anilines is 1. The van der Waals surface area contributed by atoms with Crippen molar-refractivity contribution in [3.05, 3.63) is 24.3 Å². The molecule has 0 saturated heterocycles. The van der Waals surface area contributed by atoms with Gasteiger partial charge in [0.2, 0.25) is 16.9 Å². The number of carbonyl (C=O) groups is 2. The molecule has 0 radical (unpaired) electrons. The Morgan fingerprint density at radius 2 is 1.76 bits per heavy atom. The van der Waals surface area contributed by atoms with E-state index in [9.17, 15) is 14.7 Å². The number of hydrogen-bond donors (Lipinski definition) is 4. The lowest BCUT2D eigenvalue weighted by atomic mass is 10.2. The highest BCUT2D eigenvalue weighted by atomic mass is 32.1. The number of benzene rings is 1. The third-order valence-corrected chi connectivity index (χ3v) is 3.38. The van der Waals surface area contributed by atoms with E-state index in [4.69, 9.17) is 5.21 Å². The van der Waals surface area contributed by atoms with Crippen LogP contribution in [-0.2, 0) is 9.59 Å². The number of amides is 2. The molecule has 1 heterocycles. The summed E-state index contributed by atoms with van der Waals surface area (Å²) in [5.74, 6) is -0.877. The van der Waals surface area contributed by atoms with Crippen molar-refractivity contribution in [3.8, 4) is 16.3 Å². The summed E-state index contributed by atoms with van der Waals surface area (Å²) in [5.41, 5.74) is 2.22. The van der Waals surface area contributed by atoms with Gasteiger partial charge in [-0.1, -0.05) is 11.3 Å². The fourth-order valence-electron chi connectivity index (χ4n) is 1.46. The molecule has 0 spiro atoms. The predicted octanol–water partition coefficient (Wildman–Crippen LogP) is 1.13. The van der Waals surface area contributed by atoms with Crippen LogP contribution in [0.25, 0.3) is 10.6 Å². The van der Waals surface area contributed by atoms with Crippen LogP contribution in [0.3, 0.4) is 0 Å². The van der Waals surface area contributed by atoms with Gasteiger partial charge in [-0.2, -0.15) is 0 Å². The molecule has 2 rings (SSSR count). The van der Waals surface area contributed by atoms with Crippen LogP contribution < -0.4 is 10.8 Å². The highest BCUT2D eigenvalue weighted by Crippen LogP contribution is 2.27. The molecule has 1 aromatic carbocycles. The number of nitrogens with zero attached hydrogens (tertiary/aromatic N) is 2. The third kappa shape index (κ3) is 4.23. The molecule has 2 aromatic rings. The summed E-state index contributed by atoms with van der Waals surface area (Å²) in [6, 6.07) is 6.44. The molecule has 0 aliphatic rings. The van der Waals surface area contributed by atoms with Gasteiger partial charge in [0.15, 0.2) is 0 Å². The molecule has 21 heavy (non-hydrogen) atoms. The smallest absolute Gasteiger partial charge is 0.243 e. The monoisotopic (exact) mass is 308 g/mol. The first kappa shape index (κ1) is 14.9. The summed E-state index contributed by atoms with van der Waals surface area (Å²) in [6.45, 7) is 0. The zero-order valence-electron chi connectivity index (χ0n) is 10.7. The van der Waals surface area contributed by atoms with Crippen LogP contribution in [-0.4, -0.2) is 32.3 Å². The molecule has 0 saturated carbocycles. The second-order valence-corrected chi connectivity index (χ2v) is 5.02. The second-order valence-electron chi connectivity index (χ2n) is 4.04. The lowest BCUT2D eigenvalue weighted by Crippen LogP contribution is -2.21. The van der Waals surface area contributed by atoms with Gasteiger partial charge in [-0.05, 0) is 24.3 Å². The molecule has 110 valence electrons. The molecule has 9 heteroatoms. The molecule has 4 N–H and O–H groups in total. The van der Waals surface area contributed by atoms with Gasteiger partial charge in [-0.3, -0.25) is 14.8 Å². The van der Waals surface area contributed by atoms with E-state index in [2.05, 4.69) is 15.5 Å². The van der Waals surface area contributed by atoms with Crippen molar-refractivity contribution in [2.24, 2.45) is 0 Å². The number of aromatic hydroxyl groups is 1.